The third kappa shape index (κ3) is 3.66. The van der Waals surface area contributed by atoms with Gasteiger partial charge in [-0.3, -0.25) is 4.68 Å². The SMILES string of the molecule is CC(C)NCc1cnn(Cc2ccc(Cl)cc2)c1C1CC1. The standard InChI is InChI=1S/C17H22ClN3/c1-12(2)19-9-15-10-20-21(17(15)14-5-6-14)11-13-3-7-16(18)8-4-13/h3-4,7-8,10,12,14,19H,5-6,9,11H2,1-2H3. The molecule has 2 aromatic rings. The van der Waals surface area contributed by atoms with Crippen LogP contribution in [-0.4, -0.2) is 15.8 Å². The largest absolute Gasteiger partial charge is 0.310 e. The van der Waals surface area contributed by atoms with Crippen LogP contribution in [0, 0.1) is 0 Å². The lowest BCUT2D eigenvalue weighted by atomic mass is 10.1. The first-order valence-electron chi connectivity index (χ1n) is 7.66. The van der Waals surface area contributed by atoms with Gasteiger partial charge in [0, 0.05) is 34.8 Å². The number of aromatic nitrogens is 2. The minimum atomic E-state index is 0.497. The Bertz CT molecular complexity index is 597. The van der Waals surface area contributed by atoms with E-state index in [1.807, 2.05) is 18.3 Å². The van der Waals surface area contributed by atoms with Crippen molar-refractivity contribution in [3.63, 3.8) is 0 Å². The Labute approximate surface area is 131 Å². The number of halogens is 1. The molecule has 112 valence electrons. The maximum absolute atomic E-state index is 5.95. The van der Waals surface area contributed by atoms with Crippen molar-refractivity contribution >= 4 is 11.6 Å². The second kappa shape index (κ2) is 6.20. The normalized spacial score (nSPS) is 14.9. The van der Waals surface area contributed by atoms with E-state index in [-0.39, 0.29) is 0 Å². The van der Waals surface area contributed by atoms with Crippen LogP contribution in [0.1, 0.15) is 49.4 Å². The molecule has 0 bridgehead atoms. The van der Waals surface area contributed by atoms with Gasteiger partial charge in [-0.1, -0.05) is 37.6 Å². The average Bonchev–Trinajstić information content (AvgIpc) is 3.21. The molecule has 0 unspecified atom stereocenters. The maximum Gasteiger partial charge on any atom is 0.0662 e. The molecule has 1 fully saturated rings. The summed E-state index contributed by atoms with van der Waals surface area (Å²) in [4.78, 5) is 0. The second-order valence-electron chi connectivity index (χ2n) is 6.15. The van der Waals surface area contributed by atoms with Crippen LogP contribution in [-0.2, 0) is 13.1 Å². The lowest BCUT2D eigenvalue weighted by molar-refractivity contribution is 0.582. The number of hydrogen-bond acceptors (Lipinski definition) is 2. The Morgan fingerprint density at radius 1 is 1.29 bits per heavy atom. The van der Waals surface area contributed by atoms with Gasteiger partial charge in [0.2, 0.25) is 0 Å². The molecule has 3 nitrogen and oxygen atoms in total. The van der Waals surface area contributed by atoms with Crippen molar-refractivity contribution < 1.29 is 0 Å². The Kier molecular flexibility index (Phi) is 4.32. The highest BCUT2D eigenvalue weighted by Gasteiger charge is 2.30. The molecule has 0 amide bonds. The zero-order valence-corrected chi connectivity index (χ0v) is 13.4. The van der Waals surface area contributed by atoms with Crippen molar-refractivity contribution in [3.8, 4) is 0 Å². The zero-order valence-electron chi connectivity index (χ0n) is 12.6. The lowest BCUT2D eigenvalue weighted by Gasteiger charge is -2.11. The van der Waals surface area contributed by atoms with Crippen LogP contribution >= 0.6 is 11.6 Å². The minimum absolute atomic E-state index is 0.497. The molecule has 21 heavy (non-hydrogen) atoms. The number of rotatable bonds is 6. The maximum atomic E-state index is 5.95. The average molecular weight is 304 g/mol. The molecule has 3 rings (SSSR count). The first kappa shape index (κ1) is 14.6. The van der Waals surface area contributed by atoms with Crippen molar-refractivity contribution in [2.45, 2.75) is 51.7 Å². The number of hydrogen-bond donors (Lipinski definition) is 1. The quantitative estimate of drug-likeness (QED) is 0.875. The number of nitrogens with one attached hydrogen (secondary N) is 1. The summed E-state index contributed by atoms with van der Waals surface area (Å²) < 4.78 is 2.16. The summed E-state index contributed by atoms with van der Waals surface area (Å²) in [7, 11) is 0. The highest BCUT2D eigenvalue weighted by Crippen LogP contribution is 2.41. The summed E-state index contributed by atoms with van der Waals surface area (Å²) in [5, 5.41) is 8.90. The van der Waals surface area contributed by atoms with Gasteiger partial charge >= 0.3 is 0 Å². The molecule has 0 aliphatic heterocycles. The van der Waals surface area contributed by atoms with Crippen molar-refractivity contribution in [1.29, 1.82) is 0 Å². The van der Waals surface area contributed by atoms with Gasteiger partial charge < -0.3 is 5.32 Å². The van der Waals surface area contributed by atoms with Gasteiger partial charge in [-0.05, 0) is 30.5 Å². The summed E-state index contributed by atoms with van der Waals surface area (Å²) in [6.07, 6.45) is 4.61. The van der Waals surface area contributed by atoms with Gasteiger partial charge in [-0.15, -0.1) is 0 Å². The first-order chi connectivity index (χ1) is 10.1. The predicted octanol–water partition coefficient (Wildman–Crippen LogP) is 3.96. The molecule has 1 aromatic carbocycles. The van der Waals surface area contributed by atoms with E-state index in [1.165, 1.54) is 29.7 Å². The Morgan fingerprint density at radius 3 is 2.62 bits per heavy atom. The molecule has 4 heteroatoms. The van der Waals surface area contributed by atoms with Gasteiger partial charge in [0.15, 0.2) is 0 Å². The molecular formula is C17H22ClN3. The molecule has 0 atom stereocenters. The number of nitrogens with zero attached hydrogens (tertiary/aromatic N) is 2. The van der Waals surface area contributed by atoms with E-state index >= 15 is 0 Å². The molecular weight excluding hydrogens is 282 g/mol. The fourth-order valence-electron chi connectivity index (χ4n) is 2.60. The van der Waals surface area contributed by atoms with Crippen molar-refractivity contribution in [2.75, 3.05) is 0 Å². The monoisotopic (exact) mass is 303 g/mol. The van der Waals surface area contributed by atoms with Crippen LogP contribution in [0.4, 0.5) is 0 Å². The highest BCUT2D eigenvalue weighted by molar-refractivity contribution is 6.30. The number of benzene rings is 1. The Morgan fingerprint density at radius 2 is 2.00 bits per heavy atom. The molecule has 0 saturated heterocycles. The predicted molar refractivity (Wildman–Crippen MR) is 86.7 cm³/mol. The van der Waals surface area contributed by atoms with E-state index in [2.05, 4.69) is 41.1 Å². The summed E-state index contributed by atoms with van der Waals surface area (Å²) in [5.74, 6) is 0.698. The third-order valence-electron chi connectivity index (χ3n) is 3.87. The summed E-state index contributed by atoms with van der Waals surface area (Å²) in [6.45, 7) is 6.08. The lowest BCUT2D eigenvalue weighted by Crippen LogP contribution is -2.22. The van der Waals surface area contributed by atoms with E-state index in [0.29, 0.717) is 12.0 Å². The molecule has 1 aliphatic rings. The Balaban J connectivity index is 1.79. The molecule has 1 aliphatic carbocycles. The minimum Gasteiger partial charge on any atom is -0.310 e. The van der Waals surface area contributed by atoms with Crippen LogP contribution in [0.25, 0.3) is 0 Å². The van der Waals surface area contributed by atoms with Gasteiger partial charge in [0.05, 0.1) is 12.7 Å². The van der Waals surface area contributed by atoms with E-state index in [9.17, 15) is 0 Å². The van der Waals surface area contributed by atoms with Gasteiger partial charge in [-0.25, -0.2) is 0 Å². The topological polar surface area (TPSA) is 29.9 Å². The molecule has 1 aromatic heterocycles. The molecule has 1 N–H and O–H groups in total. The summed E-state index contributed by atoms with van der Waals surface area (Å²) >= 11 is 5.95. The Hall–Kier alpha value is -1.32. The molecule has 0 radical (unpaired) electrons. The van der Waals surface area contributed by atoms with E-state index in [4.69, 9.17) is 11.6 Å². The van der Waals surface area contributed by atoms with Crippen LogP contribution < -0.4 is 5.32 Å². The van der Waals surface area contributed by atoms with E-state index < -0.39 is 0 Å². The third-order valence-corrected chi connectivity index (χ3v) is 4.12. The van der Waals surface area contributed by atoms with Gasteiger partial charge in [0.1, 0.15) is 0 Å². The van der Waals surface area contributed by atoms with E-state index in [1.54, 1.807) is 0 Å². The van der Waals surface area contributed by atoms with Crippen LogP contribution in [0.15, 0.2) is 30.5 Å². The smallest absolute Gasteiger partial charge is 0.0662 e. The van der Waals surface area contributed by atoms with Crippen LogP contribution in [0.2, 0.25) is 5.02 Å². The molecule has 1 saturated carbocycles. The summed E-state index contributed by atoms with van der Waals surface area (Å²) in [5.41, 5.74) is 4.01. The highest BCUT2D eigenvalue weighted by atomic mass is 35.5. The van der Waals surface area contributed by atoms with Crippen molar-refractivity contribution in [3.05, 3.63) is 52.3 Å². The zero-order chi connectivity index (χ0) is 14.8. The molecule has 0 spiro atoms. The van der Waals surface area contributed by atoms with Gasteiger partial charge in [-0.2, -0.15) is 5.10 Å². The van der Waals surface area contributed by atoms with E-state index in [0.717, 1.165) is 18.1 Å². The van der Waals surface area contributed by atoms with Crippen molar-refractivity contribution in [2.24, 2.45) is 0 Å². The van der Waals surface area contributed by atoms with Crippen LogP contribution in [0.3, 0.4) is 0 Å². The fourth-order valence-corrected chi connectivity index (χ4v) is 2.73. The fraction of sp³-hybridized carbons (Fsp3) is 0.471. The summed E-state index contributed by atoms with van der Waals surface area (Å²) in [6, 6.07) is 8.53. The van der Waals surface area contributed by atoms with Crippen molar-refractivity contribution in [1.82, 2.24) is 15.1 Å². The molecule has 1 heterocycles. The van der Waals surface area contributed by atoms with Gasteiger partial charge in [0.25, 0.3) is 0 Å². The van der Waals surface area contributed by atoms with Crippen LogP contribution in [0.5, 0.6) is 0 Å². The first-order valence-corrected chi connectivity index (χ1v) is 8.03. The second-order valence-corrected chi connectivity index (χ2v) is 6.59.